The largest absolute Gasteiger partial charge is 0.384 e. The van der Waals surface area contributed by atoms with Crippen LogP contribution in [0.25, 0.3) is 0 Å². The average molecular weight is 243 g/mol. The Kier molecular flexibility index (Phi) is 3.72. The van der Waals surface area contributed by atoms with Crippen molar-refractivity contribution in [2.24, 2.45) is 0 Å². The summed E-state index contributed by atoms with van der Waals surface area (Å²) in [6.45, 7) is 5.62. The van der Waals surface area contributed by atoms with E-state index in [1.807, 2.05) is 25.1 Å². The highest BCUT2D eigenvalue weighted by Crippen LogP contribution is 2.14. The average Bonchev–Trinajstić information content (AvgIpc) is 2.36. The molecule has 5 heteroatoms. The lowest BCUT2D eigenvalue weighted by molar-refractivity contribution is 0.788. The van der Waals surface area contributed by atoms with Gasteiger partial charge in [-0.25, -0.2) is 9.97 Å². The SMILES string of the molecule is CCN(Cc1cccc(C)n1)c1cc(N)ncn1. The van der Waals surface area contributed by atoms with Gasteiger partial charge in [0.25, 0.3) is 0 Å². The molecule has 2 N–H and O–H groups in total. The molecule has 0 aromatic carbocycles. The Morgan fingerprint density at radius 1 is 1.28 bits per heavy atom. The minimum absolute atomic E-state index is 0.482. The molecule has 2 aromatic rings. The molecule has 0 radical (unpaired) electrons. The molecule has 0 unspecified atom stereocenters. The van der Waals surface area contributed by atoms with Crippen LogP contribution in [0.5, 0.6) is 0 Å². The maximum absolute atomic E-state index is 5.68. The molecule has 0 bridgehead atoms. The monoisotopic (exact) mass is 243 g/mol. The van der Waals surface area contributed by atoms with Crippen molar-refractivity contribution in [2.45, 2.75) is 20.4 Å². The Hall–Kier alpha value is -2.17. The molecular formula is C13H17N5. The van der Waals surface area contributed by atoms with E-state index < -0.39 is 0 Å². The van der Waals surface area contributed by atoms with E-state index in [1.165, 1.54) is 6.33 Å². The first-order valence-electron chi connectivity index (χ1n) is 5.94. The number of aromatic nitrogens is 3. The van der Waals surface area contributed by atoms with Crippen LogP contribution in [0.3, 0.4) is 0 Å². The van der Waals surface area contributed by atoms with Gasteiger partial charge in [0.2, 0.25) is 0 Å². The third-order valence-electron chi connectivity index (χ3n) is 2.68. The number of hydrogen-bond donors (Lipinski definition) is 1. The van der Waals surface area contributed by atoms with Crippen LogP contribution in [0, 0.1) is 6.92 Å². The summed E-state index contributed by atoms with van der Waals surface area (Å²) in [6, 6.07) is 7.79. The highest BCUT2D eigenvalue weighted by Gasteiger charge is 2.08. The summed E-state index contributed by atoms with van der Waals surface area (Å²) in [5.41, 5.74) is 7.72. The van der Waals surface area contributed by atoms with Crippen molar-refractivity contribution in [3.63, 3.8) is 0 Å². The van der Waals surface area contributed by atoms with Gasteiger partial charge in [-0.1, -0.05) is 6.07 Å². The molecule has 2 rings (SSSR count). The zero-order valence-electron chi connectivity index (χ0n) is 10.7. The lowest BCUT2D eigenvalue weighted by Crippen LogP contribution is -2.24. The molecule has 0 saturated carbocycles. The molecule has 0 aliphatic rings. The van der Waals surface area contributed by atoms with Gasteiger partial charge < -0.3 is 10.6 Å². The molecule has 0 atom stereocenters. The van der Waals surface area contributed by atoms with Gasteiger partial charge >= 0.3 is 0 Å². The van der Waals surface area contributed by atoms with Crippen molar-refractivity contribution < 1.29 is 0 Å². The van der Waals surface area contributed by atoms with E-state index in [9.17, 15) is 0 Å². The molecule has 2 aromatic heterocycles. The van der Waals surface area contributed by atoms with Gasteiger partial charge in [0.05, 0.1) is 12.2 Å². The number of rotatable bonds is 4. The predicted octanol–water partition coefficient (Wildman–Crippen LogP) is 1.79. The predicted molar refractivity (Wildman–Crippen MR) is 72.1 cm³/mol. The standard InChI is InChI=1S/C13H17N5/c1-3-18(13-7-12(14)15-9-16-13)8-11-6-4-5-10(2)17-11/h4-7,9H,3,8H2,1-2H3,(H2,14,15,16). The molecule has 2 heterocycles. The second kappa shape index (κ2) is 5.44. The number of anilines is 2. The van der Waals surface area contributed by atoms with E-state index in [0.29, 0.717) is 12.4 Å². The Bertz CT molecular complexity index is 526. The van der Waals surface area contributed by atoms with Crippen LogP contribution in [-0.4, -0.2) is 21.5 Å². The van der Waals surface area contributed by atoms with Crippen molar-refractivity contribution in [2.75, 3.05) is 17.2 Å². The maximum Gasteiger partial charge on any atom is 0.134 e. The van der Waals surface area contributed by atoms with Gasteiger partial charge in [-0.15, -0.1) is 0 Å². The van der Waals surface area contributed by atoms with E-state index in [1.54, 1.807) is 6.07 Å². The molecule has 0 amide bonds. The van der Waals surface area contributed by atoms with Gasteiger partial charge in [0, 0.05) is 18.3 Å². The zero-order valence-corrected chi connectivity index (χ0v) is 10.7. The summed E-state index contributed by atoms with van der Waals surface area (Å²) in [4.78, 5) is 14.7. The van der Waals surface area contributed by atoms with Crippen molar-refractivity contribution in [3.05, 3.63) is 42.0 Å². The van der Waals surface area contributed by atoms with Crippen LogP contribution in [-0.2, 0) is 6.54 Å². The third-order valence-corrected chi connectivity index (χ3v) is 2.68. The minimum Gasteiger partial charge on any atom is -0.384 e. The molecule has 0 fully saturated rings. The fourth-order valence-corrected chi connectivity index (χ4v) is 1.77. The minimum atomic E-state index is 0.482. The summed E-state index contributed by atoms with van der Waals surface area (Å²) in [7, 11) is 0. The summed E-state index contributed by atoms with van der Waals surface area (Å²) in [5, 5.41) is 0. The summed E-state index contributed by atoms with van der Waals surface area (Å²) < 4.78 is 0. The number of pyridine rings is 1. The molecule has 0 aliphatic carbocycles. The summed E-state index contributed by atoms with van der Waals surface area (Å²) in [6.07, 6.45) is 1.48. The van der Waals surface area contributed by atoms with Crippen molar-refractivity contribution in [1.82, 2.24) is 15.0 Å². The van der Waals surface area contributed by atoms with Gasteiger partial charge in [-0.2, -0.15) is 0 Å². The highest BCUT2D eigenvalue weighted by atomic mass is 15.2. The molecule has 18 heavy (non-hydrogen) atoms. The molecular weight excluding hydrogens is 226 g/mol. The normalized spacial score (nSPS) is 10.3. The van der Waals surface area contributed by atoms with Gasteiger partial charge in [0.15, 0.2) is 0 Å². The molecule has 94 valence electrons. The lowest BCUT2D eigenvalue weighted by Gasteiger charge is -2.21. The lowest BCUT2D eigenvalue weighted by atomic mass is 10.3. The van der Waals surface area contributed by atoms with E-state index in [0.717, 1.165) is 23.8 Å². The fraction of sp³-hybridized carbons (Fsp3) is 0.308. The number of nitrogens with zero attached hydrogens (tertiary/aromatic N) is 4. The second-order valence-corrected chi connectivity index (χ2v) is 4.09. The van der Waals surface area contributed by atoms with Gasteiger partial charge in [-0.3, -0.25) is 4.98 Å². The topological polar surface area (TPSA) is 67.9 Å². The quantitative estimate of drug-likeness (QED) is 0.886. The van der Waals surface area contributed by atoms with Crippen molar-refractivity contribution in [1.29, 1.82) is 0 Å². The van der Waals surface area contributed by atoms with Crippen molar-refractivity contribution in [3.8, 4) is 0 Å². The molecule has 5 nitrogen and oxygen atoms in total. The second-order valence-electron chi connectivity index (χ2n) is 4.09. The van der Waals surface area contributed by atoms with Gasteiger partial charge in [-0.05, 0) is 26.0 Å². The summed E-state index contributed by atoms with van der Waals surface area (Å²) in [5.74, 6) is 1.31. The first-order chi connectivity index (χ1) is 8.69. The van der Waals surface area contributed by atoms with E-state index in [-0.39, 0.29) is 0 Å². The van der Waals surface area contributed by atoms with Crippen LogP contribution in [0.15, 0.2) is 30.6 Å². The van der Waals surface area contributed by atoms with Crippen LogP contribution in [0.4, 0.5) is 11.6 Å². The van der Waals surface area contributed by atoms with E-state index >= 15 is 0 Å². The Morgan fingerprint density at radius 2 is 2.11 bits per heavy atom. The van der Waals surface area contributed by atoms with Crippen molar-refractivity contribution >= 4 is 11.6 Å². The fourth-order valence-electron chi connectivity index (χ4n) is 1.77. The number of nitrogen functional groups attached to an aromatic ring is 1. The first-order valence-corrected chi connectivity index (χ1v) is 5.94. The smallest absolute Gasteiger partial charge is 0.134 e. The maximum atomic E-state index is 5.68. The first kappa shape index (κ1) is 12.3. The Morgan fingerprint density at radius 3 is 2.78 bits per heavy atom. The molecule has 0 saturated heterocycles. The van der Waals surface area contributed by atoms with E-state index in [2.05, 4.69) is 26.8 Å². The summed E-state index contributed by atoms with van der Waals surface area (Å²) >= 11 is 0. The number of nitrogens with two attached hydrogens (primary N) is 1. The Labute approximate surface area is 107 Å². The van der Waals surface area contributed by atoms with Gasteiger partial charge in [0.1, 0.15) is 18.0 Å². The van der Waals surface area contributed by atoms with Crippen LogP contribution in [0.2, 0.25) is 0 Å². The number of hydrogen-bond acceptors (Lipinski definition) is 5. The van der Waals surface area contributed by atoms with Crippen LogP contribution < -0.4 is 10.6 Å². The van der Waals surface area contributed by atoms with Crippen LogP contribution in [0.1, 0.15) is 18.3 Å². The highest BCUT2D eigenvalue weighted by molar-refractivity contribution is 5.45. The molecule has 0 spiro atoms. The third kappa shape index (κ3) is 2.94. The van der Waals surface area contributed by atoms with E-state index in [4.69, 9.17) is 5.73 Å². The Balaban J connectivity index is 2.19. The van der Waals surface area contributed by atoms with Crippen LogP contribution >= 0.6 is 0 Å². The number of aryl methyl sites for hydroxylation is 1. The zero-order chi connectivity index (χ0) is 13.0. The molecule has 0 aliphatic heterocycles.